The zero-order valence-electron chi connectivity index (χ0n) is 17.3. The van der Waals surface area contributed by atoms with Gasteiger partial charge in [0.25, 0.3) is 11.6 Å². The molecule has 0 spiro atoms. The average Bonchev–Trinajstić information content (AvgIpc) is 3.23. The van der Waals surface area contributed by atoms with Crippen molar-refractivity contribution in [1.82, 2.24) is 4.98 Å². The smallest absolute Gasteiger partial charge is 0.280 e. The SMILES string of the molecule is COc1ccc2nc(N(/N=C/c3ccc(C)cc3)C(=O)c3ccc([N+](=O)[O-])cc3)sc2c1. The Kier molecular flexibility index (Phi) is 5.91. The second kappa shape index (κ2) is 8.94. The molecule has 0 unspecified atom stereocenters. The fourth-order valence-corrected chi connectivity index (χ4v) is 3.87. The number of nitrogens with zero attached hydrogens (tertiary/aromatic N) is 4. The molecule has 0 atom stereocenters. The average molecular weight is 446 g/mol. The van der Waals surface area contributed by atoms with Gasteiger partial charge in [0.15, 0.2) is 0 Å². The number of aryl methyl sites for hydroxylation is 1. The predicted octanol–water partition coefficient (Wildman–Crippen LogP) is 5.20. The van der Waals surface area contributed by atoms with Crippen LogP contribution < -0.4 is 9.75 Å². The Morgan fingerprint density at radius 2 is 1.84 bits per heavy atom. The molecule has 8 nitrogen and oxygen atoms in total. The van der Waals surface area contributed by atoms with Gasteiger partial charge in [-0.1, -0.05) is 41.2 Å². The Bertz CT molecular complexity index is 1310. The summed E-state index contributed by atoms with van der Waals surface area (Å²) in [6.45, 7) is 1.99. The summed E-state index contributed by atoms with van der Waals surface area (Å²) < 4.78 is 6.11. The third-order valence-corrected chi connectivity index (χ3v) is 5.68. The normalized spacial score (nSPS) is 11.1. The number of nitro groups is 1. The van der Waals surface area contributed by atoms with E-state index >= 15 is 0 Å². The summed E-state index contributed by atoms with van der Waals surface area (Å²) in [6.07, 6.45) is 1.58. The molecule has 160 valence electrons. The van der Waals surface area contributed by atoms with Crippen molar-refractivity contribution >= 4 is 44.5 Å². The molecular weight excluding hydrogens is 428 g/mol. The molecule has 1 aromatic heterocycles. The number of ether oxygens (including phenoxy) is 1. The Morgan fingerprint density at radius 1 is 1.12 bits per heavy atom. The highest BCUT2D eigenvalue weighted by atomic mass is 32.1. The van der Waals surface area contributed by atoms with E-state index in [1.807, 2.05) is 43.3 Å². The molecule has 0 aliphatic heterocycles. The van der Waals surface area contributed by atoms with Crippen LogP contribution in [0, 0.1) is 17.0 Å². The Morgan fingerprint density at radius 3 is 2.50 bits per heavy atom. The number of rotatable bonds is 6. The molecule has 4 rings (SSSR count). The number of aromatic nitrogens is 1. The quantitative estimate of drug-likeness (QED) is 0.230. The number of benzene rings is 3. The lowest BCUT2D eigenvalue weighted by Gasteiger charge is -2.13. The predicted molar refractivity (Wildman–Crippen MR) is 125 cm³/mol. The van der Waals surface area contributed by atoms with Crippen molar-refractivity contribution in [3.05, 3.63) is 93.5 Å². The molecule has 3 aromatic carbocycles. The van der Waals surface area contributed by atoms with E-state index in [9.17, 15) is 14.9 Å². The first-order valence-electron chi connectivity index (χ1n) is 9.59. The van der Waals surface area contributed by atoms with Crippen LogP contribution in [-0.2, 0) is 0 Å². The third-order valence-electron chi connectivity index (χ3n) is 4.68. The van der Waals surface area contributed by atoms with Gasteiger partial charge in [0.2, 0.25) is 5.13 Å². The van der Waals surface area contributed by atoms with Gasteiger partial charge in [-0.3, -0.25) is 14.9 Å². The lowest BCUT2D eigenvalue weighted by Crippen LogP contribution is -2.25. The number of anilines is 1. The molecule has 0 bridgehead atoms. The van der Waals surface area contributed by atoms with Gasteiger partial charge in [0.1, 0.15) is 5.75 Å². The van der Waals surface area contributed by atoms with E-state index in [1.54, 1.807) is 19.4 Å². The van der Waals surface area contributed by atoms with Crippen molar-refractivity contribution < 1.29 is 14.5 Å². The summed E-state index contributed by atoms with van der Waals surface area (Å²) in [5, 5.41) is 16.9. The first kappa shape index (κ1) is 21.1. The molecular formula is C23H18N4O4S. The maximum atomic E-state index is 13.3. The van der Waals surface area contributed by atoms with Crippen LogP contribution in [0.3, 0.4) is 0 Å². The summed E-state index contributed by atoms with van der Waals surface area (Å²) in [5.41, 5.74) is 2.80. The molecule has 0 N–H and O–H groups in total. The lowest BCUT2D eigenvalue weighted by atomic mass is 10.2. The molecule has 0 radical (unpaired) electrons. The van der Waals surface area contributed by atoms with E-state index < -0.39 is 10.8 Å². The molecule has 0 fully saturated rings. The van der Waals surface area contributed by atoms with Crippen LogP contribution in [-0.4, -0.2) is 29.1 Å². The number of fused-ring (bicyclic) bond motifs is 1. The molecule has 1 heterocycles. The van der Waals surface area contributed by atoms with Crippen molar-refractivity contribution in [2.75, 3.05) is 12.1 Å². The number of hydrogen-bond acceptors (Lipinski definition) is 7. The van der Waals surface area contributed by atoms with Crippen molar-refractivity contribution in [1.29, 1.82) is 0 Å². The van der Waals surface area contributed by atoms with Crippen molar-refractivity contribution in [2.45, 2.75) is 6.92 Å². The van der Waals surface area contributed by atoms with E-state index in [-0.39, 0.29) is 11.3 Å². The number of amides is 1. The Labute approximate surface area is 187 Å². The van der Waals surface area contributed by atoms with Crippen molar-refractivity contribution in [2.24, 2.45) is 5.10 Å². The second-order valence-electron chi connectivity index (χ2n) is 6.91. The standard InChI is InChI=1S/C23H18N4O4S/c1-15-3-5-16(6-4-15)14-24-26(22(28)17-7-9-18(10-8-17)27(29)30)23-25-20-12-11-19(31-2)13-21(20)32-23/h3-14H,1-2H3/b24-14+. The van der Waals surface area contributed by atoms with Gasteiger partial charge in [-0.2, -0.15) is 10.1 Å². The number of carbonyl (C=O) groups is 1. The van der Waals surface area contributed by atoms with Crippen LogP contribution in [0.25, 0.3) is 10.2 Å². The summed E-state index contributed by atoms with van der Waals surface area (Å²) in [5.74, 6) is 0.235. The summed E-state index contributed by atoms with van der Waals surface area (Å²) in [6, 6.07) is 18.5. The largest absolute Gasteiger partial charge is 0.497 e. The highest BCUT2D eigenvalue weighted by molar-refractivity contribution is 7.22. The minimum Gasteiger partial charge on any atom is -0.497 e. The number of hydrogen-bond donors (Lipinski definition) is 0. The first-order valence-corrected chi connectivity index (χ1v) is 10.4. The molecule has 0 aliphatic rings. The zero-order valence-corrected chi connectivity index (χ0v) is 18.1. The van der Waals surface area contributed by atoms with E-state index in [2.05, 4.69) is 10.1 Å². The molecule has 4 aromatic rings. The summed E-state index contributed by atoms with van der Waals surface area (Å²) >= 11 is 1.30. The number of hydrazone groups is 1. The number of nitro benzene ring substituents is 1. The van der Waals surface area contributed by atoms with Gasteiger partial charge in [-0.15, -0.1) is 0 Å². The number of carbonyl (C=O) groups excluding carboxylic acids is 1. The number of methoxy groups -OCH3 is 1. The highest BCUT2D eigenvalue weighted by Gasteiger charge is 2.22. The monoisotopic (exact) mass is 446 g/mol. The minimum atomic E-state index is -0.511. The van der Waals surface area contributed by atoms with Gasteiger partial charge < -0.3 is 4.74 Å². The van der Waals surface area contributed by atoms with Crippen molar-refractivity contribution in [3.8, 4) is 5.75 Å². The highest BCUT2D eigenvalue weighted by Crippen LogP contribution is 2.32. The fourth-order valence-electron chi connectivity index (χ4n) is 2.92. The lowest BCUT2D eigenvalue weighted by molar-refractivity contribution is -0.384. The maximum Gasteiger partial charge on any atom is 0.280 e. The molecule has 0 saturated heterocycles. The minimum absolute atomic E-state index is 0.0941. The van der Waals surface area contributed by atoms with Crippen LogP contribution in [0.4, 0.5) is 10.8 Å². The van der Waals surface area contributed by atoms with Crippen LogP contribution in [0.1, 0.15) is 21.5 Å². The number of non-ortho nitro benzene ring substituents is 1. The molecule has 32 heavy (non-hydrogen) atoms. The zero-order chi connectivity index (χ0) is 22.7. The second-order valence-corrected chi connectivity index (χ2v) is 7.92. The fraction of sp³-hybridized carbons (Fsp3) is 0.0870. The molecule has 1 amide bonds. The summed E-state index contributed by atoms with van der Waals surface area (Å²) in [4.78, 5) is 28.3. The number of thiazole rings is 1. The van der Waals surface area contributed by atoms with Crippen molar-refractivity contribution in [3.63, 3.8) is 0 Å². The van der Waals surface area contributed by atoms with Gasteiger partial charge in [-0.25, -0.2) is 4.98 Å². The molecule has 9 heteroatoms. The Hall–Kier alpha value is -4.11. The maximum absolute atomic E-state index is 13.3. The molecule has 0 saturated carbocycles. The van der Waals surface area contributed by atoms with Crippen LogP contribution in [0.2, 0.25) is 0 Å². The summed E-state index contributed by atoms with van der Waals surface area (Å²) in [7, 11) is 1.58. The van der Waals surface area contributed by atoms with Gasteiger partial charge in [0.05, 0.1) is 28.5 Å². The topological polar surface area (TPSA) is 97.9 Å². The van der Waals surface area contributed by atoms with E-state index in [1.165, 1.54) is 40.6 Å². The van der Waals surface area contributed by atoms with E-state index in [4.69, 9.17) is 4.74 Å². The Balaban J connectivity index is 1.74. The van der Waals surface area contributed by atoms with Gasteiger partial charge in [-0.05, 0) is 42.8 Å². The van der Waals surface area contributed by atoms with Crippen LogP contribution >= 0.6 is 11.3 Å². The third kappa shape index (κ3) is 4.47. The van der Waals surface area contributed by atoms with Crippen LogP contribution in [0.5, 0.6) is 5.75 Å². The van der Waals surface area contributed by atoms with Gasteiger partial charge in [0, 0.05) is 17.7 Å². The first-order chi connectivity index (χ1) is 15.4. The molecule has 0 aliphatic carbocycles. The van der Waals surface area contributed by atoms with E-state index in [0.29, 0.717) is 16.4 Å². The van der Waals surface area contributed by atoms with Crippen LogP contribution in [0.15, 0.2) is 71.8 Å². The van der Waals surface area contributed by atoms with E-state index in [0.717, 1.165) is 15.8 Å². The van der Waals surface area contributed by atoms with Gasteiger partial charge >= 0.3 is 0 Å².